The molecular weight excluding hydrogens is 669 g/mol. The number of fused-ring (bicyclic) bond motifs is 7. The predicted octanol–water partition coefficient (Wildman–Crippen LogP) is 13.1. The monoisotopic (exact) mass is 700 g/mol. The van der Waals surface area contributed by atoms with Gasteiger partial charge in [-0.1, -0.05) is 164 Å². The number of rotatable bonds is 5. The molecule has 0 bridgehead atoms. The van der Waals surface area contributed by atoms with Crippen LogP contribution in [-0.4, -0.2) is 19.5 Å². The van der Waals surface area contributed by atoms with Gasteiger partial charge in [0.1, 0.15) is 0 Å². The second kappa shape index (κ2) is 12.6. The number of aromatic nitrogens is 4. The molecule has 0 fully saturated rings. The Kier molecular flexibility index (Phi) is 7.14. The summed E-state index contributed by atoms with van der Waals surface area (Å²) in [6.45, 7) is 0. The van der Waals surface area contributed by atoms with E-state index in [4.69, 9.17) is 15.0 Å². The van der Waals surface area contributed by atoms with Crippen molar-refractivity contribution < 1.29 is 0 Å². The summed E-state index contributed by atoms with van der Waals surface area (Å²) in [5, 5.41) is 9.68. The zero-order valence-electron chi connectivity index (χ0n) is 29.8. The van der Waals surface area contributed by atoms with E-state index in [2.05, 4.69) is 138 Å². The van der Waals surface area contributed by atoms with E-state index < -0.39 is 0 Å². The summed E-state index contributed by atoms with van der Waals surface area (Å²) >= 11 is 0. The molecule has 0 saturated heterocycles. The molecule has 11 rings (SSSR count). The topological polar surface area (TPSA) is 43.6 Å². The fourth-order valence-corrected chi connectivity index (χ4v) is 8.15. The molecule has 0 N–H and O–H groups in total. The van der Waals surface area contributed by atoms with Crippen LogP contribution in [0.2, 0.25) is 0 Å². The van der Waals surface area contributed by atoms with E-state index in [9.17, 15) is 0 Å². The maximum atomic E-state index is 5.13. The maximum Gasteiger partial charge on any atom is 0.238 e. The smallest absolute Gasteiger partial charge is 0.238 e. The first-order valence-electron chi connectivity index (χ1n) is 18.6. The molecule has 4 nitrogen and oxygen atoms in total. The van der Waals surface area contributed by atoms with Crippen LogP contribution in [0.4, 0.5) is 0 Å². The van der Waals surface area contributed by atoms with E-state index in [-0.39, 0.29) is 0 Å². The van der Waals surface area contributed by atoms with Crippen LogP contribution in [-0.2, 0) is 0 Å². The Balaban J connectivity index is 1.07. The molecule has 0 amide bonds. The molecule has 0 atom stereocenters. The lowest BCUT2D eigenvalue weighted by Gasteiger charge is -2.11. The van der Waals surface area contributed by atoms with Crippen molar-refractivity contribution >= 4 is 54.1 Å². The van der Waals surface area contributed by atoms with E-state index in [1.54, 1.807) is 0 Å². The minimum Gasteiger partial charge on any atom is -0.278 e. The fourth-order valence-electron chi connectivity index (χ4n) is 8.15. The van der Waals surface area contributed by atoms with Crippen LogP contribution in [0.15, 0.2) is 194 Å². The van der Waals surface area contributed by atoms with Crippen molar-refractivity contribution in [3.63, 3.8) is 0 Å². The molecule has 2 heterocycles. The first kappa shape index (κ1) is 31.1. The second-order valence-electron chi connectivity index (χ2n) is 14.1. The highest BCUT2D eigenvalue weighted by molar-refractivity contribution is 6.21. The summed E-state index contributed by atoms with van der Waals surface area (Å²) in [6, 6.07) is 68.9. The average molecular weight is 701 g/mol. The fraction of sp³-hybridized carbons (Fsp3) is 0. The highest BCUT2D eigenvalue weighted by Gasteiger charge is 2.19. The van der Waals surface area contributed by atoms with E-state index in [0.717, 1.165) is 27.5 Å². The number of hydrogen-bond donors (Lipinski definition) is 0. The van der Waals surface area contributed by atoms with Crippen molar-refractivity contribution in [1.82, 2.24) is 19.5 Å². The van der Waals surface area contributed by atoms with Gasteiger partial charge in [-0.3, -0.25) is 4.57 Å². The average Bonchev–Trinajstić information content (AvgIpc) is 3.61. The van der Waals surface area contributed by atoms with Crippen LogP contribution in [0, 0.1) is 0 Å². The second-order valence-corrected chi connectivity index (χ2v) is 14.1. The van der Waals surface area contributed by atoms with Gasteiger partial charge in [0.05, 0.1) is 11.0 Å². The molecular formula is C51H32N4. The first-order valence-corrected chi connectivity index (χ1v) is 18.6. The molecule has 256 valence electrons. The number of benzene rings is 9. The highest BCUT2D eigenvalue weighted by Crippen LogP contribution is 2.39. The summed E-state index contributed by atoms with van der Waals surface area (Å²) in [5.41, 5.74) is 8.83. The molecule has 0 spiro atoms. The van der Waals surface area contributed by atoms with Crippen LogP contribution in [0.1, 0.15) is 0 Å². The standard InChI is InChI=1S/C51H32N4/c1-3-13-35(14-4-1)49-52-50(36-15-5-2-6-16-36)54-51(53-49)55-46-21-10-9-19-44(46)48-45-32-40(23-22-34(45)28-29-47(48)55)38-24-25-39-31-41(27-26-37(39)30-38)43-20-11-17-33-12-7-8-18-42(33)43/h1-32H. The Labute approximate surface area is 317 Å². The number of hydrogen-bond acceptors (Lipinski definition) is 3. The van der Waals surface area contributed by atoms with Gasteiger partial charge >= 0.3 is 0 Å². The van der Waals surface area contributed by atoms with Crippen LogP contribution >= 0.6 is 0 Å². The Hall–Kier alpha value is -7.43. The number of nitrogens with zero attached hydrogens (tertiary/aromatic N) is 4. The normalized spacial score (nSPS) is 11.6. The molecule has 0 radical (unpaired) electrons. The molecule has 0 unspecified atom stereocenters. The zero-order valence-corrected chi connectivity index (χ0v) is 29.8. The summed E-state index contributed by atoms with van der Waals surface area (Å²) in [7, 11) is 0. The Bertz CT molecular complexity index is 3190. The van der Waals surface area contributed by atoms with Crippen molar-refractivity contribution in [2.75, 3.05) is 0 Å². The molecule has 0 aliphatic rings. The lowest BCUT2D eigenvalue weighted by Crippen LogP contribution is -2.06. The van der Waals surface area contributed by atoms with Gasteiger partial charge in [0.2, 0.25) is 5.95 Å². The van der Waals surface area contributed by atoms with Crippen molar-refractivity contribution in [3.8, 4) is 51.0 Å². The SMILES string of the molecule is c1ccc(-c2nc(-c3ccccc3)nc(-n3c4ccccc4c4c5cc(-c6ccc7cc(-c8cccc9ccccc89)ccc7c6)ccc5ccc43)n2)cc1. The van der Waals surface area contributed by atoms with E-state index in [1.165, 1.54) is 60.0 Å². The molecule has 0 saturated carbocycles. The summed E-state index contributed by atoms with van der Waals surface area (Å²) in [6.07, 6.45) is 0. The molecule has 4 heteroatoms. The first-order chi connectivity index (χ1) is 27.2. The summed E-state index contributed by atoms with van der Waals surface area (Å²) in [5.74, 6) is 1.87. The Morgan fingerprint density at radius 3 is 1.60 bits per heavy atom. The third-order valence-corrected chi connectivity index (χ3v) is 10.8. The van der Waals surface area contributed by atoms with Gasteiger partial charge in [-0.15, -0.1) is 0 Å². The predicted molar refractivity (Wildman–Crippen MR) is 228 cm³/mol. The minimum atomic E-state index is 0.590. The van der Waals surface area contributed by atoms with Gasteiger partial charge in [-0.25, -0.2) is 4.98 Å². The maximum absolute atomic E-state index is 5.13. The molecule has 9 aromatic carbocycles. The number of para-hydroxylation sites is 1. The summed E-state index contributed by atoms with van der Waals surface area (Å²) in [4.78, 5) is 15.2. The van der Waals surface area contributed by atoms with Gasteiger partial charge in [0.15, 0.2) is 11.6 Å². The minimum absolute atomic E-state index is 0.590. The molecule has 55 heavy (non-hydrogen) atoms. The lowest BCUT2D eigenvalue weighted by molar-refractivity contribution is 0.953. The van der Waals surface area contributed by atoms with Crippen molar-refractivity contribution in [2.24, 2.45) is 0 Å². The Morgan fingerprint density at radius 2 is 0.855 bits per heavy atom. The largest absolute Gasteiger partial charge is 0.278 e. The molecule has 0 aliphatic heterocycles. The lowest BCUT2D eigenvalue weighted by atomic mass is 9.94. The molecule has 0 aliphatic carbocycles. The Morgan fingerprint density at radius 1 is 0.309 bits per heavy atom. The van der Waals surface area contributed by atoms with Crippen LogP contribution in [0.3, 0.4) is 0 Å². The third-order valence-electron chi connectivity index (χ3n) is 10.8. The molecule has 2 aromatic heterocycles. The van der Waals surface area contributed by atoms with E-state index in [1.807, 2.05) is 60.7 Å². The van der Waals surface area contributed by atoms with Crippen LogP contribution < -0.4 is 0 Å². The van der Waals surface area contributed by atoms with Gasteiger partial charge in [0, 0.05) is 21.9 Å². The summed E-state index contributed by atoms with van der Waals surface area (Å²) < 4.78 is 2.20. The van der Waals surface area contributed by atoms with Crippen molar-refractivity contribution in [2.45, 2.75) is 0 Å². The van der Waals surface area contributed by atoms with Gasteiger partial charge in [0.25, 0.3) is 0 Å². The molecule has 11 aromatic rings. The quantitative estimate of drug-likeness (QED) is 0.179. The van der Waals surface area contributed by atoms with Gasteiger partial charge in [-0.2, -0.15) is 9.97 Å². The van der Waals surface area contributed by atoms with Crippen molar-refractivity contribution in [3.05, 3.63) is 194 Å². The van der Waals surface area contributed by atoms with E-state index in [0.29, 0.717) is 17.6 Å². The van der Waals surface area contributed by atoms with E-state index >= 15 is 0 Å². The third kappa shape index (κ3) is 5.26. The van der Waals surface area contributed by atoms with Gasteiger partial charge in [-0.05, 0) is 84.9 Å². The zero-order chi connectivity index (χ0) is 36.3. The van der Waals surface area contributed by atoms with Crippen LogP contribution in [0.25, 0.3) is 105 Å². The van der Waals surface area contributed by atoms with Crippen molar-refractivity contribution in [1.29, 1.82) is 0 Å². The van der Waals surface area contributed by atoms with Gasteiger partial charge < -0.3 is 0 Å². The highest BCUT2D eigenvalue weighted by atomic mass is 15.2. The van der Waals surface area contributed by atoms with Crippen LogP contribution in [0.5, 0.6) is 0 Å².